The van der Waals surface area contributed by atoms with Crippen molar-refractivity contribution in [1.29, 1.82) is 0 Å². The molecule has 0 aliphatic carbocycles. The number of hydrogen-bond acceptors (Lipinski definition) is 7. The fraction of sp³-hybridized carbons (Fsp3) is 0.500. The lowest BCUT2D eigenvalue weighted by Gasteiger charge is -2.39. The van der Waals surface area contributed by atoms with Crippen LogP contribution in [0.1, 0.15) is 30.7 Å². The first kappa shape index (κ1) is 22.0. The highest BCUT2D eigenvalue weighted by atomic mass is 32.1. The van der Waals surface area contributed by atoms with E-state index in [-0.39, 0.29) is 24.2 Å². The van der Waals surface area contributed by atoms with Gasteiger partial charge in [-0.05, 0) is 44.7 Å². The zero-order valence-electron chi connectivity index (χ0n) is 18.2. The van der Waals surface area contributed by atoms with E-state index >= 15 is 0 Å². The van der Waals surface area contributed by atoms with Crippen molar-refractivity contribution in [1.82, 2.24) is 30.4 Å². The minimum absolute atomic E-state index is 0.0235. The number of carbonyl (C=O) groups is 1. The van der Waals surface area contributed by atoms with E-state index in [1.165, 1.54) is 11.3 Å². The second-order valence-corrected chi connectivity index (χ2v) is 9.86. The lowest BCUT2D eigenvalue weighted by Crippen LogP contribution is -2.54. The predicted molar refractivity (Wildman–Crippen MR) is 123 cm³/mol. The van der Waals surface area contributed by atoms with Gasteiger partial charge in [-0.15, -0.1) is 10.2 Å². The fourth-order valence-electron chi connectivity index (χ4n) is 4.91. The van der Waals surface area contributed by atoms with Crippen molar-refractivity contribution in [2.24, 2.45) is 0 Å². The van der Waals surface area contributed by atoms with Crippen LogP contribution in [0.2, 0.25) is 0 Å². The zero-order chi connectivity index (χ0) is 22.9. The maximum atomic E-state index is 13.1. The van der Waals surface area contributed by atoms with Crippen molar-refractivity contribution >= 4 is 34.1 Å². The molecule has 11 heteroatoms. The topological polar surface area (TPSA) is 95.9 Å². The number of aromatic nitrogens is 4. The number of pyridine rings is 2. The number of hydrogen-bond donors (Lipinski definition) is 2. The van der Waals surface area contributed by atoms with Gasteiger partial charge in [-0.3, -0.25) is 10.3 Å². The smallest absolute Gasteiger partial charge is 0.318 e. The second kappa shape index (κ2) is 9.22. The predicted octanol–water partition coefficient (Wildman–Crippen LogP) is 3.88. The summed E-state index contributed by atoms with van der Waals surface area (Å²) in [5, 5.41) is 16.7. The minimum Gasteiger partial charge on any atom is -0.318 e. The number of fused-ring (bicyclic) bond motifs is 3. The first-order valence-electron chi connectivity index (χ1n) is 11.1. The summed E-state index contributed by atoms with van der Waals surface area (Å²) in [4.78, 5) is 23.8. The van der Waals surface area contributed by atoms with Gasteiger partial charge < -0.3 is 10.2 Å². The summed E-state index contributed by atoms with van der Waals surface area (Å²) in [6, 6.07) is 2.94. The van der Waals surface area contributed by atoms with Crippen LogP contribution in [0.5, 0.6) is 0 Å². The normalized spacial score (nSPS) is 22.3. The Labute approximate surface area is 193 Å². The highest BCUT2D eigenvalue weighted by Gasteiger charge is 2.43. The molecule has 2 saturated heterocycles. The van der Waals surface area contributed by atoms with Gasteiger partial charge in [-0.2, -0.15) is 0 Å². The van der Waals surface area contributed by atoms with E-state index < -0.39 is 19.4 Å². The van der Waals surface area contributed by atoms with Crippen molar-refractivity contribution in [3.63, 3.8) is 0 Å². The molecule has 8 nitrogen and oxygen atoms in total. The number of carbonyl (C=O) groups excluding carboxylic acids is 1. The van der Waals surface area contributed by atoms with Gasteiger partial charge >= 0.3 is 6.03 Å². The minimum atomic E-state index is -0.765. The van der Waals surface area contributed by atoms with E-state index in [1.54, 1.807) is 18.5 Å². The van der Waals surface area contributed by atoms with E-state index in [0.717, 1.165) is 39.3 Å². The van der Waals surface area contributed by atoms with Crippen molar-refractivity contribution in [2.75, 3.05) is 18.7 Å². The summed E-state index contributed by atoms with van der Waals surface area (Å²) in [6.07, 6.45) is 6.56. The van der Waals surface area contributed by atoms with Crippen LogP contribution in [-0.4, -0.2) is 68.6 Å². The number of piperidine rings is 1. The molecular weight excluding hydrogens is 448 g/mol. The van der Waals surface area contributed by atoms with Gasteiger partial charge in [-0.25, -0.2) is 18.6 Å². The Bertz CT molecular complexity index is 1140. The Kier molecular flexibility index (Phi) is 6.15. The van der Waals surface area contributed by atoms with Crippen molar-refractivity contribution in [3.05, 3.63) is 29.5 Å². The molecule has 2 aliphatic rings. The molecule has 174 valence electrons. The third-order valence-corrected chi connectivity index (χ3v) is 7.27. The first-order valence-corrected chi connectivity index (χ1v) is 11.9. The molecule has 2 aliphatic heterocycles. The quantitative estimate of drug-likeness (QED) is 0.564. The molecule has 3 aromatic rings. The van der Waals surface area contributed by atoms with Crippen LogP contribution in [0.15, 0.2) is 24.5 Å². The standard InChI is InChI=1S/C22H25F2N7OS/c1-12-29-30-21(33-12)14-4-13-5-20(26-11-19(13)25-10-14)28-22(32)31-17-2-3-18(31)7-15(6-17)27-16(8-23)9-24/h4-5,10-11,15-18,27H,2-3,6-9H2,1H3,(H,26,28,32)/t15-,17-,18+. The van der Waals surface area contributed by atoms with Gasteiger partial charge in [0.2, 0.25) is 0 Å². The van der Waals surface area contributed by atoms with Gasteiger partial charge in [0.25, 0.3) is 0 Å². The number of anilines is 1. The fourth-order valence-corrected chi connectivity index (χ4v) is 5.58. The summed E-state index contributed by atoms with van der Waals surface area (Å²) < 4.78 is 25.8. The molecule has 0 radical (unpaired) electrons. The summed E-state index contributed by atoms with van der Waals surface area (Å²) in [7, 11) is 0. The van der Waals surface area contributed by atoms with Gasteiger partial charge in [0.15, 0.2) is 0 Å². The van der Waals surface area contributed by atoms with Crippen LogP contribution in [0.25, 0.3) is 21.5 Å². The van der Waals surface area contributed by atoms with Crippen LogP contribution in [0, 0.1) is 6.92 Å². The molecule has 0 unspecified atom stereocenters. The summed E-state index contributed by atoms with van der Waals surface area (Å²) in [5.41, 5.74) is 1.59. The van der Waals surface area contributed by atoms with Crippen molar-refractivity contribution in [3.8, 4) is 10.6 Å². The molecule has 2 fully saturated rings. The number of alkyl halides is 2. The largest absolute Gasteiger partial charge is 0.323 e. The lowest BCUT2D eigenvalue weighted by atomic mass is 9.97. The first-order chi connectivity index (χ1) is 16.0. The Balaban J connectivity index is 1.29. The Morgan fingerprint density at radius 1 is 1.15 bits per heavy atom. The van der Waals surface area contributed by atoms with Crippen LogP contribution >= 0.6 is 11.3 Å². The van der Waals surface area contributed by atoms with Gasteiger partial charge in [0.1, 0.15) is 29.2 Å². The Morgan fingerprint density at radius 2 is 1.91 bits per heavy atom. The third kappa shape index (κ3) is 4.51. The monoisotopic (exact) mass is 473 g/mol. The van der Waals surface area contributed by atoms with Crippen LogP contribution in [0.3, 0.4) is 0 Å². The van der Waals surface area contributed by atoms with E-state index in [4.69, 9.17) is 0 Å². The molecule has 3 aromatic heterocycles. The van der Waals surface area contributed by atoms with Crippen LogP contribution in [-0.2, 0) is 0 Å². The average molecular weight is 474 g/mol. The van der Waals surface area contributed by atoms with Gasteiger partial charge in [0, 0.05) is 35.3 Å². The third-order valence-electron chi connectivity index (χ3n) is 6.39. The van der Waals surface area contributed by atoms with E-state index in [9.17, 15) is 13.6 Å². The maximum absolute atomic E-state index is 13.1. The molecule has 0 spiro atoms. The number of amides is 2. The number of nitrogens with one attached hydrogen (secondary N) is 2. The number of halogens is 2. The Morgan fingerprint density at radius 3 is 2.58 bits per heavy atom. The molecule has 2 N–H and O–H groups in total. The maximum Gasteiger partial charge on any atom is 0.323 e. The molecule has 5 rings (SSSR count). The molecule has 3 atom stereocenters. The number of nitrogens with zero attached hydrogens (tertiary/aromatic N) is 5. The molecule has 5 heterocycles. The SMILES string of the molecule is Cc1nnc(-c2cnc3cnc(NC(=O)N4[C@@H]5CC[C@H]4C[C@H](NC(CF)CF)C5)cc3c2)s1. The molecule has 2 amide bonds. The molecule has 0 aromatic carbocycles. The van der Waals surface area contributed by atoms with Crippen molar-refractivity contribution < 1.29 is 13.6 Å². The van der Waals surface area contributed by atoms with Crippen molar-refractivity contribution in [2.45, 2.75) is 56.8 Å². The summed E-state index contributed by atoms with van der Waals surface area (Å²) in [5.74, 6) is 0.453. The van der Waals surface area contributed by atoms with Crippen LogP contribution < -0.4 is 10.6 Å². The highest BCUT2D eigenvalue weighted by molar-refractivity contribution is 7.14. The van der Waals surface area contributed by atoms with E-state index in [2.05, 4.69) is 30.8 Å². The number of rotatable bonds is 6. The average Bonchev–Trinajstić information content (AvgIpc) is 3.37. The highest BCUT2D eigenvalue weighted by Crippen LogP contribution is 2.36. The number of aryl methyl sites for hydroxylation is 1. The van der Waals surface area contributed by atoms with E-state index in [0.29, 0.717) is 18.7 Å². The van der Waals surface area contributed by atoms with Crippen LogP contribution in [0.4, 0.5) is 19.4 Å². The molecular formula is C22H25F2N7OS. The molecule has 0 saturated carbocycles. The molecule has 33 heavy (non-hydrogen) atoms. The second-order valence-electron chi connectivity index (χ2n) is 8.68. The summed E-state index contributed by atoms with van der Waals surface area (Å²) in [6.45, 7) is 0.449. The van der Waals surface area contributed by atoms with E-state index in [1.807, 2.05) is 17.9 Å². The van der Waals surface area contributed by atoms with Gasteiger partial charge in [-0.1, -0.05) is 11.3 Å². The zero-order valence-corrected chi connectivity index (χ0v) is 19.0. The summed E-state index contributed by atoms with van der Waals surface area (Å²) >= 11 is 1.50. The lowest BCUT2D eigenvalue weighted by molar-refractivity contribution is 0.133. The number of urea groups is 1. The Hall–Kier alpha value is -2.79. The molecule has 2 bridgehead atoms. The van der Waals surface area contributed by atoms with Gasteiger partial charge in [0.05, 0.1) is 17.8 Å².